The van der Waals surface area contributed by atoms with E-state index in [0.29, 0.717) is 0 Å². The zero-order valence-electron chi connectivity index (χ0n) is 8.83. The minimum absolute atomic E-state index is 1.23. The van der Waals surface area contributed by atoms with Crippen LogP contribution in [0, 0.1) is 6.92 Å². The van der Waals surface area contributed by atoms with E-state index in [1.54, 1.807) is 6.08 Å². The molecule has 0 heterocycles. The maximum absolute atomic E-state index is 3.66. The highest BCUT2D eigenvalue weighted by Gasteiger charge is 1.95. The molecule has 0 saturated carbocycles. The van der Waals surface area contributed by atoms with Crippen LogP contribution in [0.4, 0.5) is 0 Å². The lowest BCUT2D eigenvalue weighted by atomic mass is 10.0. The monoisotopic (exact) mass is 184 g/mol. The third-order valence-electron chi connectivity index (χ3n) is 2.07. The molecule has 0 aromatic heterocycles. The fourth-order valence-corrected chi connectivity index (χ4v) is 1.36. The van der Waals surface area contributed by atoms with Gasteiger partial charge in [0.15, 0.2) is 0 Å². The van der Waals surface area contributed by atoms with Crippen LogP contribution < -0.4 is 0 Å². The number of benzene rings is 1. The van der Waals surface area contributed by atoms with Crippen molar-refractivity contribution in [1.29, 1.82) is 0 Å². The van der Waals surface area contributed by atoms with Crippen molar-refractivity contribution in [3.05, 3.63) is 66.3 Å². The summed E-state index contributed by atoms with van der Waals surface area (Å²) in [6.07, 6.45) is 7.92. The Bertz CT molecular complexity index is 367. The molecule has 0 unspecified atom stereocenters. The summed E-state index contributed by atoms with van der Waals surface area (Å²) >= 11 is 0. The van der Waals surface area contributed by atoms with Crippen molar-refractivity contribution < 1.29 is 0 Å². The van der Waals surface area contributed by atoms with Crippen LogP contribution in [0.15, 0.2) is 55.1 Å². The van der Waals surface area contributed by atoms with Gasteiger partial charge in [0.2, 0.25) is 0 Å². The highest BCUT2D eigenvalue weighted by molar-refractivity contribution is 5.74. The van der Waals surface area contributed by atoms with Gasteiger partial charge in [-0.15, -0.1) is 0 Å². The van der Waals surface area contributed by atoms with Gasteiger partial charge in [0, 0.05) is 0 Å². The van der Waals surface area contributed by atoms with Gasteiger partial charge in [0.05, 0.1) is 0 Å². The lowest BCUT2D eigenvalue weighted by Gasteiger charge is -2.02. The van der Waals surface area contributed by atoms with E-state index in [2.05, 4.69) is 49.9 Å². The normalized spacial score (nSPS) is 12.0. The molecule has 0 saturated heterocycles. The maximum atomic E-state index is 3.66. The van der Waals surface area contributed by atoms with Crippen LogP contribution in [0.25, 0.3) is 5.57 Å². The molecule has 0 radical (unpaired) electrons. The standard InChI is InChI=1S/C14H16/c1-4-6-9-13(5-2)14-10-7-8-12(3)11-14/h4-11H,1H2,2-3H3. The number of allylic oxidation sites excluding steroid dienone is 5. The first kappa shape index (κ1) is 10.5. The molecule has 0 spiro atoms. The predicted octanol–water partition coefficient (Wildman–Crippen LogP) is 4.14. The molecular weight excluding hydrogens is 168 g/mol. The Hall–Kier alpha value is -1.56. The summed E-state index contributed by atoms with van der Waals surface area (Å²) < 4.78 is 0. The van der Waals surface area contributed by atoms with Crippen molar-refractivity contribution in [1.82, 2.24) is 0 Å². The lowest BCUT2D eigenvalue weighted by Crippen LogP contribution is -1.81. The zero-order chi connectivity index (χ0) is 10.4. The molecule has 72 valence electrons. The summed E-state index contributed by atoms with van der Waals surface area (Å²) in [7, 11) is 0. The Balaban J connectivity index is 3.02. The highest BCUT2D eigenvalue weighted by atomic mass is 14.0. The molecule has 0 bridgehead atoms. The van der Waals surface area contributed by atoms with E-state index in [-0.39, 0.29) is 0 Å². The van der Waals surface area contributed by atoms with Crippen LogP contribution in [-0.4, -0.2) is 0 Å². The largest absolute Gasteiger partial charge is 0.0991 e. The van der Waals surface area contributed by atoms with E-state index in [0.717, 1.165) is 0 Å². The van der Waals surface area contributed by atoms with E-state index in [1.807, 2.05) is 13.0 Å². The second-order valence-corrected chi connectivity index (χ2v) is 3.21. The smallest absolute Gasteiger partial charge is 0.0185 e. The second kappa shape index (κ2) is 5.23. The van der Waals surface area contributed by atoms with Crippen molar-refractivity contribution >= 4 is 5.57 Å². The van der Waals surface area contributed by atoms with Crippen LogP contribution in [0.1, 0.15) is 18.1 Å². The molecule has 0 fully saturated rings. The Morgan fingerprint density at radius 1 is 1.36 bits per heavy atom. The van der Waals surface area contributed by atoms with Gasteiger partial charge >= 0.3 is 0 Å². The van der Waals surface area contributed by atoms with Gasteiger partial charge in [-0.05, 0) is 25.0 Å². The Kier molecular flexibility index (Phi) is 3.93. The number of rotatable bonds is 3. The van der Waals surface area contributed by atoms with Crippen LogP contribution >= 0.6 is 0 Å². The second-order valence-electron chi connectivity index (χ2n) is 3.21. The number of aryl methyl sites for hydroxylation is 1. The number of hydrogen-bond acceptors (Lipinski definition) is 0. The van der Waals surface area contributed by atoms with Gasteiger partial charge in [0.1, 0.15) is 0 Å². The van der Waals surface area contributed by atoms with E-state index < -0.39 is 0 Å². The van der Waals surface area contributed by atoms with Crippen LogP contribution in [-0.2, 0) is 0 Å². The molecule has 0 N–H and O–H groups in total. The summed E-state index contributed by atoms with van der Waals surface area (Å²) in [6.45, 7) is 7.82. The molecule has 0 aliphatic heterocycles. The molecule has 0 aliphatic rings. The average Bonchev–Trinajstić information content (AvgIpc) is 2.19. The van der Waals surface area contributed by atoms with Gasteiger partial charge in [-0.3, -0.25) is 0 Å². The first-order chi connectivity index (χ1) is 6.77. The molecule has 0 amide bonds. The van der Waals surface area contributed by atoms with Crippen LogP contribution in [0.2, 0.25) is 0 Å². The Morgan fingerprint density at radius 3 is 2.71 bits per heavy atom. The van der Waals surface area contributed by atoms with E-state index in [4.69, 9.17) is 0 Å². The highest BCUT2D eigenvalue weighted by Crippen LogP contribution is 2.16. The average molecular weight is 184 g/mol. The molecule has 0 nitrogen and oxygen atoms in total. The molecule has 0 aliphatic carbocycles. The quantitative estimate of drug-likeness (QED) is 0.619. The van der Waals surface area contributed by atoms with Crippen molar-refractivity contribution in [2.75, 3.05) is 0 Å². The number of hydrogen-bond donors (Lipinski definition) is 0. The van der Waals surface area contributed by atoms with Gasteiger partial charge in [-0.1, -0.05) is 60.7 Å². The van der Waals surface area contributed by atoms with Crippen LogP contribution in [0.5, 0.6) is 0 Å². The molecule has 1 rings (SSSR count). The Morgan fingerprint density at radius 2 is 2.14 bits per heavy atom. The summed E-state index contributed by atoms with van der Waals surface area (Å²) in [5, 5.41) is 0. The minimum Gasteiger partial charge on any atom is -0.0991 e. The first-order valence-corrected chi connectivity index (χ1v) is 4.80. The fraction of sp³-hybridized carbons (Fsp3) is 0.143. The Labute approximate surface area is 86.3 Å². The molecule has 14 heavy (non-hydrogen) atoms. The predicted molar refractivity (Wildman–Crippen MR) is 64.2 cm³/mol. The van der Waals surface area contributed by atoms with Crippen molar-refractivity contribution in [2.45, 2.75) is 13.8 Å². The molecule has 1 aromatic rings. The summed E-state index contributed by atoms with van der Waals surface area (Å²) in [4.78, 5) is 0. The summed E-state index contributed by atoms with van der Waals surface area (Å²) in [6, 6.07) is 8.49. The van der Waals surface area contributed by atoms with Crippen molar-refractivity contribution in [2.24, 2.45) is 0 Å². The first-order valence-electron chi connectivity index (χ1n) is 4.80. The minimum atomic E-state index is 1.23. The van der Waals surface area contributed by atoms with E-state index in [9.17, 15) is 0 Å². The summed E-state index contributed by atoms with van der Waals surface area (Å²) in [5.41, 5.74) is 3.77. The van der Waals surface area contributed by atoms with Crippen molar-refractivity contribution in [3.63, 3.8) is 0 Å². The van der Waals surface area contributed by atoms with E-state index >= 15 is 0 Å². The summed E-state index contributed by atoms with van der Waals surface area (Å²) in [5.74, 6) is 0. The van der Waals surface area contributed by atoms with E-state index in [1.165, 1.54) is 16.7 Å². The van der Waals surface area contributed by atoms with Gasteiger partial charge in [-0.2, -0.15) is 0 Å². The lowest BCUT2D eigenvalue weighted by molar-refractivity contribution is 1.45. The molecule has 1 aromatic carbocycles. The molecule has 0 heteroatoms. The van der Waals surface area contributed by atoms with Crippen molar-refractivity contribution in [3.8, 4) is 0 Å². The van der Waals surface area contributed by atoms with Gasteiger partial charge in [-0.25, -0.2) is 0 Å². The van der Waals surface area contributed by atoms with Gasteiger partial charge < -0.3 is 0 Å². The molecular formula is C14H16. The third-order valence-corrected chi connectivity index (χ3v) is 2.07. The zero-order valence-corrected chi connectivity index (χ0v) is 8.83. The molecule has 0 atom stereocenters. The SMILES string of the molecule is C=CC=CC(=CC)c1cccc(C)c1. The topological polar surface area (TPSA) is 0 Å². The fourth-order valence-electron chi connectivity index (χ4n) is 1.36. The van der Waals surface area contributed by atoms with Gasteiger partial charge in [0.25, 0.3) is 0 Å². The maximum Gasteiger partial charge on any atom is -0.0185 e. The third kappa shape index (κ3) is 2.74. The van der Waals surface area contributed by atoms with Crippen LogP contribution in [0.3, 0.4) is 0 Å².